The van der Waals surface area contributed by atoms with Crippen molar-refractivity contribution in [3.63, 3.8) is 0 Å². The average Bonchev–Trinajstić information content (AvgIpc) is 2.98. The van der Waals surface area contributed by atoms with E-state index in [2.05, 4.69) is 20.9 Å². The highest BCUT2D eigenvalue weighted by atomic mass is 16.5. The number of aromatic nitrogens is 1. The van der Waals surface area contributed by atoms with Crippen molar-refractivity contribution in [2.24, 2.45) is 0 Å². The third-order valence-electron chi connectivity index (χ3n) is 3.78. The van der Waals surface area contributed by atoms with Gasteiger partial charge >= 0.3 is 12.1 Å². The van der Waals surface area contributed by atoms with Crippen LogP contribution >= 0.6 is 0 Å². The summed E-state index contributed by atoms with van der Waals surface area (Å²) in [5.41, 5.74) is 3.17. The van der Waals surface area contributed by atoms with Crippen LogP contribution in [0, 0.1) is 0 Å². The average molecular weight is 341 g/mol. The smallest absolute Gasteiger partial charge is 0.417 e. The monoisotopic (exact) mass is 341 g/mol. The predicted octanol–water partition coefficient (Wildman–Crippen LogP) is 2.35. The van der Waals surface area contributed by atoms with E-state index in [1.807, 2.05) is 37.3 Å². The van der Waals surface area contributed by atoms with Gasteiger partial charge in [0.15, 0.2) is 6.29 Å². The normalized spacial score (nSPS) is 15.1. The van der Waals surface area contributed by atoms with Gasteiger partial charge in [0.25, 0.3) is 0 Å². The number of ether oxygens (including phenoxy) is 1. The Kier molecular flexibility index (Phi) is 4.69. The molecule has 0 fully saturated rings. The first-order valence-electron chi connectivity index (χ1n) is 7.86. The van der Waals surface area contributed by atoms with E-state index in [4.69, 9.17) is 4.74 Å². The zero-order chi connectivity index (χ0) is 17.8. The fourth-order valence-electron chi connectivity index (χ4n) is 2.66. The van der Waals surface area contributed by atoms with E-state index in [1.54, 1.807) is 12.4 Å². The van der Waals surface area contributed by atoms with E-state index in [0.29, 0.717) is 12.2 Å². The lowest BCUT2D eigenvalue weighted by atomic mass is 10.1. The topological polar surface area (TPSA) is 95.6 Å². The molecule has 1 aliphatic heterocycles. The van der Waals surface area contributed by atoms with Crippen molar-refractivity contribution < 1.29 is 14.3 Å². The summed E-state index contributed by atoms with van der Waals surface area (Å²) < 4.78 is 4.87. The molecule has 1 aliphatic rings. The van der Waals surface area contributed by atoms with Crippen LogP contribution in [0.4, 0.5) is 21.0 Å². The molecule has 0 unspecified atom stereocenters. The Balaban J connectivity index is 1.94. The molecule has 2 aromatic rings. The quantitative estimate of drug-likeness (QED) is 0.796. The van der Waals surface area contributed by atoms with Crippen LogP contribution in [0.3, 0.4) is 0 Å². The highest BCUT2D eigenvalue weighted by molar-refractivity contribution is 5.98. The van der Waals surface area contributed by atoms with Crippen LogP contribution in [-0.2, 0) is 4.74 Å². The summed E-state index contributed by atoms with van der Waals surface area (Å²) in [5.74, 6) is 0. The SMILES string of the molecule is CCNC(=O)N[C@@H]1Nc2ccc(-c3cccnc3)cc2N1C(=O)OC. The number of methoxy groups -OCH3 is 1. The van der Waals surface area contributed by atoms with Gasteiger partial charge in [0, 0.05) is 24.5 Å². The Bertz CT molecular complexity index is 781. The van der Waals surface area contributed by atoms with Crippen molar-refractivity contribution >= 4 is 23.5 Å². The summed E-state index contributed by atoms with van der Waals surface area (Å²) in [7, 11) is 1.30. The second kappa shape index (κ2) is 7.08. The molecule has 25 heavy (non-hydrogen) atoms. The van der Waals surface area contributed by atoms with Gasteiger partial charge in [-0.3, -0.25) is 4.98 Å². The summed E-state index contributed by atoms with van der Waals surface area (Å²) in [6.07, 6.45) is 2.14. The highest BCUT2D eigenvalue weighted by Crippen LogP contribution is 2.37. The number of nitrogens with one attached hydrogen (secondary N) is 3. The largest absolute Gasteiger partial charge is 0.452 e. The van der Waals surface area contributed by atoms with E-state index in [0.717, 1.165) is 16.8 Å². The number of benzene rings is 1. The third-order valence-corrected chi connectivity index (χ3v) is 3.78. The van der Waals surface area contributed by atoms with Crippen LogP contribution in [0.1, 0.15) is 6.92 Å². The van der Waals surface area contributed by atoms with Gasteiger partial charge in [0.2, 0.25) is 0 Å². The van der Waals surface area contributed by atoms with Crippen LogP contribution in [0.15, 0.2) is 42.7 Å². The fourth-order valence-corrected chi connectivity index (χ4v) is 2.66. The second-order valence-electron chi connectivity index (χ2n) is 5.36. The van der Waals surface area contributed by atoms with Gasteiger partial charge in [-0.1, -0.05) is 12.1 Å². The number of amides is 3. The molecule has 0 radical (unpaired) electrons. The van der Waals surface area contributed by atoms with Crippen molar-refractivity contribution in [1.82, 2.24) is 15.6 Å². The molecule has 3 amide bonds. The molecular formula is C17H19N5O3. The lowest BCUT2D eigenvalue weighted by molar-refractivity contribution is 0.176. The minimum absolute atomic E-state index is 0.380. The molecule has 1 aromatic carbocycles. The molecule has 0 aliphatic carbocycles. The van der Waals surface area contributed by atoms with E-state index >= 15 is 0 Å². The van der Waals surface area contributed by atoms with Gasteiger partial charge in [-0.05, 0) is 30.7 Å². The molecule has 0 saturated carbocycles. The van der Waals surface area contributed by atoms with Crippen molar-refractivity contribution in [1.29, 1.82) is 0 Å². The number of urea groups is 1. The summed E-state index contributed by atoms with van der Waals surface area (Å²) in [6.45, 7) is 2.30. The van der Waals surface area contributed by atoms with Crippen LogP contribution < -0.4 is 20.9 Å². The first-order chi connectivity index (χ1) is 12.1. The number of carbonyl (C=O) groups excluding carboxylic acids is 2. The number of rotatable bonds is 3. The molecule has 3 N–H and O–H groups in total. The van der Waals surface area contributed by atoms with Crippen LogP contribution in [-0.4, -0.2) is 37.1 Å². The maximum atomic E-state index is 12.3. The zero-order valence-corrected chi connectivity index (χ0v) is 13.9. The number of anilines is 2. The Morgan fingerprint density at radius 1 is 1.32 bits per heavy atom. The highest BCUT2D eigenvalue weighted by Gasteiger charge is 2.35. The van der Waals surface area contributed by atoms with Crippen LogP contribution in [0.2, 0.25) is 0 Å². The second-order valence-corrected chi connectivity index (χ2v) is 5.36. The molecule has 130 valence electrons. The van der Waals surface area contributed by atoms with Crippen LogP contribution in [0.25, 0.3) is 11.1 Å². The Labute approximate surface area is 145 Å². The number of carbonyl (C=O) groups is 2. The van der Waals surface area contributed by atoms with Gasteiger partial charge in [-0.15, -0.1) is 0 Å². The Morgan fingerprint density at radius 3 is 2.84 bits per heavy atom. The van der Waals surface area contributed by atoms with Gasteiger partial charge in [0.05, 0.1) is 18.5 Å². The Morgan fingerprint density at radius 2 is 2.16 bits per heavy atom. The van der Waals surface area contributed by atoms with Crippen molar-refractivity contribution in [2.75, 3.05) is 23.9 Å². The first-order valence-corrected chi connectivity index (χ1v) is 7.86. The summed E-state index contributed by atoms with van der Waals surface area (Å²) in [4.78, 5) is 29.6. The summed E-state index contributed by atoms with van der Waals surface area (Å²) in [6, 6.07) is 9.03. The molecule has 8 heteroatoms. The number of nitrogens with zero attached hydrogens (tertiary/aromatic N) is 2. The van der Waals surface area contributed by atoms with Crippen LogP contribution in [0.5, 0.6) is 0 Å². The first kappa shape index (κ1) is 16.6. The third kappa shape index (κ3) is 3.32. The molecule has 0 bridgehead atoms. The molecule has 1 atom stereocenters. The van der Waals surface area contributed by atoms with E-state index in [9.17, 15) is 9.59 Å². The van der Waals surface area contributed by atoms with Crippen molar-refractivity contribution in [3.8, 4) is 11.1 Å². The lowest BCUT2D eigenvalue weighted by Crippen LogP contribution is -2.54. The molecular weight excluding hydrogens is 322 g/mol. The lowest BCUT2D eigenvalue weighted by Gasteiger charge is -2.24. The molecule has 0 spiro atoms. The van der Waals surface area contributed by atoms with Crippen molar-refractivity contribution in [2.45, 2.75) is 13.2 Å². The molecule has 3 rings (SSSR count). The fraction of sp³-hybridized carbons (Fsp3) is 0.235. The molecule has 2 heterocycles. The number of hydrogen-bond acceptors (Lipinski definition) is 5. The maximum Gasteiger partial charge on any atom is 0.417 e. The number of fused-ring (bicyclic) bond motifs is 1. The summed E-state index contributed by atoms with van der Waals surface area (Å²) >= 11 is 0. The Hall–Kier alpha value is -3.29. The predicted molar refractivity (Wildman–Crippen MR) is 94.2 cm³/mol. The number of hydrogen-bond donors (Lipinski definition) is 3. The van der Waals surface area contributed by atoms with E-state index in [1.165, 1.54) is 12.0 Å². The summed E-state index contributed by atoms with van der Waals surface area (Å²) in [5, 5.41) is 8.44. The molecule has 0 saturated heterocycles. The minimum atomic E-state index is -0.738. The van der Waals surface area contributed by atoms with E-state index in [-0.39, 0.29) is 6.03 Å². The van der Waals surface area contributed by atoms with Gasteiger partial charge in [-0.25, -0.2) is 14.5 Å². The molecule has 8 nitrogen and oxygen atoms in total. The van der Waals surface area contributed by atoms with Gasteiger partial charge < -0.3 is 20.7 Å². The number of pyridine rings is 1. The van der Waals surface area contributed by atoms with Crippen molar-refractivity contribution in [3.05, 3.63) is 42.7 Å². The molecule has 1 aromatic heterocycles. The standard InChI is InChI=1S/C17H19N5O3/c1-3-19-16(23)21-15-20-13-7-6-11(12-5-4-8-18-10-12)9-14(13)22(15)17(24)25-2/h4-10,15,20H,3H2,1-2H3,(H2,19,21,23)/t15-/m0/s1. The zero-order valence-electron chi connectivity index (χ0n) is 13.9. The minimum Gasteiger partial charge on any atom is -0.452 e. The van der Waals surface area contributed by atoms with Gasteiger partial charge in [-0.2, -0.15) is 0 Å². The van der Waals surface area contributed by atoms with E-state index < -0.39 is 12.4 Å². The van der Waals surface area contributed by atoms with Gasteiger partial charge in [0.1, 0.15) is 0 Å². The maximum absolute atomic E-state index is 12.3.